The molecule has 0 aliphatic heterocycles. The van der Waals surface area contributed by atoms with Crippen molar-refractivity contribution in [1.29, 1.82) is 0 Å². The van der Waals surface area contributed by atoms with Gasteiger partial charge in [0, 0.05) is 14.7 Å². The lowest BCUT2D eigenvalue weighted by Gasteiger charge is -1.96. The molecule has 0 N–H and O–H groups in total. The Labute approximate surface area is 133 Å². The second kappa shape index (κ2) is 4.89. The Morgan fingerprint density at radius 3 is 2.95 bits per heavy atom. The van der Waals surface area contributed by atoms with Crippen LogP contribution in [0.15, 0.2) is 41.1 Å². The largest absolute Gasteiger partial charge is 0.236 e. The fourth-order valence-corrected chi connectivity index (χ4v) is 4.17. The van der Waals surface area contributed by atoms with E-state index in [1.54, 1.807) is 22.2 Å². The highest BCUT2D eigenvalue weighted by Gasteiger charge is 2.13. The fraction of sp³-hybridized carbons (Fsp3) is 0.133. The summed E-state index contributed by atoms with van der Waals surface area (Å²) in [5.41, 5.74) is 1.78. The summed E-state index contributed by atoms with van der Waals surface area (Å²) in [4.78, 5) is 11.5. The van der Waals surface area contributed by atoms with E-state index in [1.807, 2.05) is 24.3 Å². The number of thiophene rings is 1. The molecule has 0 atom stereocenters. The molecule has 0 aliphatic carbocycles. The zero-order chi connectivity index (χ0) is 14.4. The van der Waals surface area contributed by atoms with Crippen molar-refractivity contribution in [3.05, 3.63) is 46.0 Å². The molecule has 1 aromatic carbocycles. The Morgan fingerprint density at radius 2 is 2.14 bits per heavy atom. The van der Waals surface area contributed by atoms with Gasteiger partial charge in [0.05, 0.1) is 10.4 Å². The van der Waals surface area contributed by atoms with Gasteiger partial charge in [0.2, 0.25) is 0 Å². The first-order chi connectivity index (χ1) is 10.3. The molecule has 4 aromatic rings. The van der Waals surface area contributed by atoms with Crippen LogP contribution in [0.3, 0.4) is 0 Å². The first-order valence-corrected chi connectivity index (χ1v) is 8.26. The lowest BCUT2D eigenvalue weighted by molar-refractivity contribution is 0.939. The van der Waals surface area contributed by atoms with E-state index in [2.05, 4.69) is 39.0 Å². The Hall–Kier alpha value is -1.79. The first-order valence-electron chi connectivity index (χ1n) is 6.65. The molecule has 0 spiro atoms. The van der Waals surface area contributed by atoms with E-state index < -0.39 is 0 Å². The van der Waals surface area contributed by atoms with Gasteiger partial charge in [0.1, 0.15) is 6.33 Å². The molecule has 4 nitrogen and oxygen atoms in total. The first kappa shape index (κ1) is 12.9. The third-order valence-corrected chi connectivity index (χ3v) is 5.63. The Kier molecular flexibility index (Phi) is 3.01. The van der Waals surface area contributed by atoms with Crippen molar-refractivity contribution in [1.82, 2.24) is 19.6 Å². The molecule has 0 saturated carbocycles. The molecule has 4 rings (SSSR count). The van der Waals surface area contributed by atoms with Crippen LogP contribution >= 0.6 is 27.3 Å². The number of para-hydroxylation sites is 1. The van der Waals surface area contributed by atoms with Crippen molar-refractivity contribution in [3.8, 4) is 10.7 Å². The number of aryl methyl sites for hydroxylation is 1. The van der Waals surface area contributed by atoms with E-state index in [1.165, 1.54) is 4.88 Å². The topological polar surface area (TPSA) is 43.1 Å². The van der Waals surface area contributed by atoms with Crippen LogP contribution in [-0.4, -0.2) is 19.6 Å². The van der Waals surface area contributed by atoms with Gasteiger partial charge in [0.25, 0.3) is 0 Å². The SMILES string of the molecule is CCc1sc(-c2nc3c4ccccc4ncn3n2)cc1Br. The van der Waals surface area contributed by atoms with Crippen LogP contribution in [0.2, 0.25) is 0 Å². The van der Waals surface area contributed by atoms with Crippen molar-refractivity contribution in [3.63, 3.8) is 0 Å². The molecule has 6 heteroatoms. The highest BCUT2D eigenvalue weighted by atomic mass is 79.9. The van der Waals surface area contributed by atoms with Crippen molar-refractivity contribution in [2.45, 2.75) is 13.3 Å². The van der Waals surface area contributed by atoms with E-state index in [0.29, 0.717) is 0 Å². The van der Waals surface area contributed by atoms with Crippen molar-refractivity contribution >= 4 is 43.8 Å². The van der Waals surface area contributed by atoms with Gasteiger partial charge in [-0.2, -0.15) is 0 Å². The number of halogens is 1. The van der Waals surface area contributed by atoms with Gasteiger partial charge in [0.15, 0.2) is 11.5 Å². The van der Waals surface area contributed by atoms with Gasteiger partial charge < -0.3 is 0 Å². The van der Waals surface area contributed by atoms with Crippen molar-refractivity contribution in [2.24, 2.45) is 0 Å². The number of fused-ring (bicyclic) bond motifs is 3. The summed E-state index contributed by atoms with van der Waals surface area (Å²) in [5, 5.41) is 5.57. The van der Waals surface area contributed by atoms with Crippen molar-refractivity contribution in [2.75, 3.05) is 0 Å². The fourth-order valence-electron chi connectivity index (χ4n) is 2.34. The predicted molar refractivity (Wildman–Crippen MR) is 88.7 cm³/mol. The number of nitrogens with zero attached hydrogens (tertiary/aromatic N) is 4. The molecule has 0 unspecified atom stereocenters. The van der Waals surface area contributed by atoms with Crippen molar-refractivity contribution < 1.29 is 0 Å². The van der Waals surface area contributed by atoms with E-state index in [4.69, 9.17) is 4.98 Å². The van der Waals surface area contributed by atoms with Gasteiger partial charge in [-0.3, -0.25) is 0 Å². The summed E-state index contributed by atoms with van der Waals surface area (Å²) in [7, 11) is 0. The molecule has 0 bridgehead atoms. The standard InChI is InChI=1S/C15H11BrN4S/c1-2-12-10(16)7-13(21-12)14-18-15-9-5-3-4-6-11(9)17-8-20(15)19-14/h3-8H,2H2,1H3. The van der Waals surface area contributed by atoms with Crippen LogP contribution in [0.4, 0.5) is 0 Å². The molecule has 0 aliphatic rings. The summed E-state index contributed by atoms with van der Waals surface area (Å²) in [6.07, 6.45) is 2.72. The van der Waals surface area contributed by atoms with Gasteiger partial charge in [-0.05, 0) is 40.5 Å². The number of rotatable bonds is 2. The summed E-state index contributed by atoms with van der Waals surface area (Å²) < 4.78 is 2.88. The summed E-state index contributed by atoms with van der Waals surface area (Å²) in [5.74, 6) is 0.749. The monoisotopic (exact) mass is 358 g/mol. The van der Waals surface area contributed by atoms with Crippen LogP contribution in [0.1, 0.15) is 11.8 Å². The Morgan fingerprint density at radius 1 is 1.29 bits per heavy atom. The highest BCUT2D eigenvalue weighted by Crippen LogP contribution is 2.34. The average Bonchev–Trinajstić information content (AvgIpc) is 3.10. The maximum Gasteiger partial charge on any atom is 0.192 e. The predicted octanol–water partition coefficient (Wildman–Crippen LogP) is 4.33. The molecule has 0 fully saturated rings. The van der Waals surface area contributed by atoms with Gasteiger partial charge in [-0.15, -0.1) is 16.4 Å². The molecule has 3 aromatic heterocycles. The van der Waals surface area contributed by atoms with E-state index >= 15 is 0 Å². The van der Waals surface area contributed by atoms with E-state index in [0.717, 1.165) is 38.1 Å². The molecule has 104 valence electrons. The normalized spacial score (nSPS) is 11.5. The van der Waals surface area contributed by atoms with Gasteiger partial charge in [-0.25, -0.2) is 14.5 Å². The molecule has 0 amide bonds. The lowest BCUT2D eigenvalue weighted by Crippen LogP contribution is -1.90. The third-order valence-electron chi connectivity index (χ3n) is 3.38. The highest BCUT2D eigenvalue weighted by molar-refractivity contribution is 9.10. The number of hydrogen-bond acceptors (Lipinski definition) is 4. The second-order valence-electron chi connectivity index (χ2n) is 4.70. The second-order valence-corrected chi connectivity index (χ2v) is 6.69. The number of aromatic nitrogens is 4. The molecule has 3 heterocycles. The zero-order valence-corrected chi connectivity index (χ0v) is 13.6. The van der Waals surface area contributed by atoms with Crippen LogP contribution in [0.5, 0.6) is 0 Å². The smallest absolute Gasteiger partial charge is 0.192 e. The van der Waals surface area contributed by atoms with Gasteiger partial charge in [-0.1, -0.05) is 19.1 Å². The summed E-state index contributed by atoms with van der Waals surface area (Å²) in [6.45, 7) is 2.15. The molecular weight excluding hydrogens is 348 g/mol. The zero-order valence-electron chi connectivity index (χ0n) is 11.2. The van der Waals surface area contributed by atoms with Gasteiger partial charge >= 0.3 is 0 Å². The maximum absolute atomic E-state index is 4.70. The van der Waals surface area contributed by atoms with Crippen LogP contribution < -0.4 is 0 Å². The third kappa shape index (κ3) is 2.06. The average molecular weight is 359 g/mol. The Bertz CT molecular complexity index is 957. The maximum atomic E-state index is 4.70. The molecule has 0 radical (unpaired) electrons. The number of hydrogen-bond donors (Lipinski definition) is 0. The van der Waals surface area contributed by atoms with E-state index in [9.17, 15) is 0 Å². The lowest BCUT2D eigenvalue weighted by atomic mass is 10.2. The minimum absolute atomic E-state index is 0.749. The van der Waals surface area contributed by atoms with Crippen LogP contribution in [0.25, 0.3) is 27.3 Å². The van der Waals surface area contributed by atoms with Crippen LogP contribution in [-0.2, 0) is 6.42 Å². The molecular formula is C15H11BrN4S. The molecule has 21 heavy (non-hydrogen) atoms. The molecule has 0 saturated heterocycles. The summed E-state index contributed by atoms with van der Waals surface area (Å²) in [6, 6.07) is 10.1. The number of benzene rings is 1. The van der Waals surface area contributed by atoms with E-state index in [-0.39, 0.29) is 0 Å². The quantitative estimate of drug-likeness (QED) is 0.535. The van der Waals surface area contributed by atoms with Crippen LogP contribution in [0, 0.1) is 0 Å². The minimum Gasteiger partial charge on any atom is -0.236 e. The minimum atomic E-state index is 0.749. The Balaban J connectivity index is 1.95. The summed E-state index contributed by atoms with van der Waals surface area (Å²) >= 11 is 5.32.